The van der Waals surface area contributed by atoms with Gasteiger partial charge in [-0.2, -0.15) is 5.26 Å². The van der Waals surface area contributed by atoms with E-state index in [2.05, 4.69) is 60.4 Å². The second-order valence-electron chi connectivity index (χ2n) is 12.5. The minimum absolute atomic E-state index is 0.00624. The highest BCUT2D eigenvalue weighted by molar-refractivity contribution is 7.15. The molecule has 214 valence electrons. The number of benzene rings is 2. The van der Waals surface area contributed by atoms with Crippen molar-refractivity contribution in [3.8, 4) is 22.3 Å². The number of amides is 1. The molecule has 1 aromatic heterocycles. The maximum atomic E-state index is 14.1. The van der Waals surface area contributed by atoms with E-state index in [1.54, 1.807) is 18.4 Å². The van der Waals surface area contributed by atoms with Gasteiger partial charge in [-0.3, -0.25) is 4.79 Å². The highest BCUT2D eigenvalue weighted by Gasteiger charge is 2.33. The van der Waals surface area contributed by atoms with Crippen LogP contribution in [-0.2, 0) is 4.79 Å². The van der Waals surface area contributed by atoms with E-state index < -0.39 is 0 Å². The van der Waals surface area contributed by atoms with Gasteiger partial charge in [-0.25, -0.2) is 4.98 Å². The van der Waals surface area contributed by atoms with Crippen molar-refractivity contribution < 1.29 is 9.53 Å². The Labute approximate surface area is 248 Å². The van der Waals surface area contributed by atoms with Gasteiger partial charge >= 0.3 is 0 Å². The summed E-state index contributed by atoms with van der Waals surface area (Å²) >= 11 is 1.80. The van der Waals surface area contributed by atoms with Crippen molar-refractivity contribution in [1.29, 1.82) is 5.26 Å². The number of thiazole rings is 1. The Balaban J connectivity index is 1.19. The van der Waals surface area contributed by atoms with Gasteiger partial charge in [-0.15, -0.1) is 11.3 Å². The summed E-state index contributed by atoms with van der Waals surface area (Å²) in [5.41, 5.74) is 4.76. The number of rotatable bonds is 8. The Morgan fingerprint density at radius 1 is 1.00 bits per heavy atom. The molecule has 3 aromatic rings. The van der Waals surface area contributed by atoms with Crippen LogP contribution >= 0.6 is 11.3 Å². The Morgan fingerprint density at radius 3 is 2.44 bits per heavy atom. The van der Waals surface area contributed by atoms with Gasteiger partial charge in [-0.05, 0) is 118 Å². The van der Waals surface area contributed by atoms with Gasteiger partial charge in [0.2, 0.25) is 5.91 Å². The van der Waals surface area contributed by atoms with Crippen molar-refractivity contribution in [3.63, 3.8) is 0 Å². The van der Waals surface area contributed by atoms with E-state index in [0.29, 0.717) is 17.8 Å². The minimum atomic E-state index is 0.00624. The van der Waals surface area contributed by atoms with Crippen LogP contribution in [0.15, 0.2) is 48.7 Å². The Morgan fingerprint density at radius 2 is 1.76 bits per heavy atom. The molecule has 0 atom stereocenters. The van der Waals surface area contributed by atoms with Crippen molar-refractivity contribution in [3.05, 3.63) is 64.8 Å². The maximum Gasteiger partial charge on any atom is 0.230 e. The SMILES string of the molecule is COc1ccc([C@H]2CC[C@H](CN(C(=O)C3CCC(C#N)CC3)c3cccc(-c4cnc(C5CC5)s4)c3)CC2)cc1C. The van der Waals surface area contributed by atoms with E-state index in [9.17, 15) is 10.1 Å². The fourth-order valence-corrected chi connectivity index (χ4v) is 7.96. The normalized spacial score (nSPS) is 24.4. The van der Waals surface area contributed by atoms with Gasteiger partial charge in [0.1, 0.15) is 5.75 Å². The molecule has 0 N–H and O–H groups in total. The van der Waals surface area contributed by atoms with E-state index in [0.717, 1.165) is 74.9 Å². The van der Waals surface area contributed by atoms with Crippen LogP contribution in [0.4, 0.5) is 5.69 Å². The first-order valence-electron chi connectivity index (χ1n) is 15.4. The van der Waals surface area contributed by atoms with Crippen LogP contribution in [0, 0.1) is 36.0 Å². The Hall–Kier alpha value is -3.17. The number of aromatic nitrogens is 1. The van der Waals surface area contributed by atoms with Crippen molar-refractivity contribution >= 4 is 22.9 Å². The van der Waals surface area contributed by atoms with Crippen molar-refractivity contribution in [2.45, 2.75) is 83.0 Å². The van der Waals surface area contributed by atoms with E-state index in [1.165, 1.54) is 33.9 Å². The number of anilines is 1. The molecule has 6 rings (SSSR count). The average molecular weight is 568 g/mol. The van der Waals surface area contributed by atoms with Gasteiger partial charge in [0, 0.05) is 36.2 Å². The summed E-state index contributed by atoms with van der Waals surface area (Å²) in [5.74, 6) is 3.00. The smallest absolute Gasteiger partial charge is 0.230 e. The molecule has 3 fully saturated rings. The zero-order chi connectivity index (χ0) is 28.3. The molecule has 41 heavy (non-hydrogen) atoms. The number of carbonyl (C=O) groups is 1. The third kappa shape index (κ3) is 6.36. The predicted octanol–water partition coefficient (Wildman–Crippen LogP) is 8.64. The van der Waals surface area contributed by atoms with Gasteiger partial charge in [-0.1, -0.05) is 24.3 Å². The maximum absolute atomic E-state index is 14.1. The average Bonchev–Trinajstić information content (AvgIpc) is 3.75. The van der Waals surface area contributed by atoms with Crippen LogP contribution in [0.3, 0.4) is 0 Å². The number of hydrogen-bond donors (Lipinski definition) is 0. The zero-order valence-electron chi connectivity index (χ0n) is 24.4. The number of ether oxygens (including phenoxy) is 1. The summed E-state index contributed by atoms with van der Waals surface area (Å²) in [6.45, 7) is 2.89. The van der Waals surface area contributed by atoms with E-state index in [1.807, 2.05) is 6.20 Å². The molecule has 5 nitrogen and oxygen atoms in total. The first kappa shape index (κ1) is 28.0. The van der Waals surface area contributed by atoms with Crippen LogP contribution in [0.2, 0.25) is 0 Å². The number of carbonyl (C=O) groups excluding carboxylic acids is 1. The third-order valence-electron chi connectivity index (χ3n) is 9.60. The first-order valence-corrected chi connectivity index (χ1v) is 16.3. The molecule has 3 aliphatic carbocycles. The lowest BCUT2D eigenvalue weighted by Crippen LogP contribution is -2.41. The van der Waals surface area contributed by atoms with Crippen LogP contribution < -0.4 is 9.64 Å². The van der Waals surface area contributed by atoms with E-state index >= 15 is 0 Å². The molecule has 3 aliphatic rings. The largest absolute Gasteiger partial charge is 0.496 e. The predicted molar refractivity (Wildman–Crippen MR) is 165 cm³/mol. The molecule has 0 saturated heterocycles. The topological polar surface area (TPSA) is 66.2 Å². The molecule has 6 heteroatoms. The van der Waals surface area contributed by atoms with Crippen LogP contribution in [0.1, 0.15) is 92.2 Å². The zero-order valence-corrected chi connectivity index (χ0v) is 25.2. The lowest BCUT2D eigenvalue weighted by molar-refractivity contribution is -0.123. The van der Waals surface area contributed by atoms with Crippen molar-refractivity contribution in [2.75, 3.05) is 18.6 Å². The fraction of sp³-hybridized carbons (Fsp3) is 0.514. The fourth-order valence-electron chi connectivity index (χ4n) is 6.87. The van der Waals surface area contributed by atoms with E-state index in [-0.39, 0.29) is 17.7 Å². The lowest BCUT2D eigenvalue weighted by atomic mass is 9.77. The quantitative estimate of drug-likeness (QED) is 0.273. The molecule has 0 radical (unpaired) electrons. The number of nitriles is 1. The highest BCUT2D eigenvalue weighted by Crippen LogP contribution is 2.44. The number of methoxy groups -OCH3 is 1. The second-order valence-corrected chi connectivity index (χ2v) is 13.5. The number of hydrogen-bond acceptors (Lipinski definition) is 5. The minimum Gasteiger partial charge on any atom is -0.496 e. The summed E-state index contributed by atoms with van der Waals surface area (Å²) in [6, 6.07) is 17.6. The molecule has 3 saturated carbocycles. The van der Waals surface area contributed by atoms with Crippen molar-refractivity contribution in [2.24, 2.45) is 17.8 Å². The molecule has 1 heterocycles. The molecular weight excluding hydrogens is 526 g/mol. The standard InChI is InChI=1S/C35H41N3O2S/c1-23-18-29(16-17-32(23)40-2)26-10-8-25(9-11-26)22-38(35(39)28-12-6-24(20-36)7-13-28)31-5-3-4-30(19-31)33-21-37-34(41-33)27-14-15-27/h3-5,16-19,21,24-28H,6-15,22H2,1-2H3/t24?,25-,26-,28?. The summed E-state index contributed by atoms with van der Waals surface area (Å²) < 4.78 is 5.47. The molecule has 0 aliphatic heterocycles. The highest BCUT2D eigenvalue weighted by atomic mass is 32.1. The Kier molecular flexibility index (Phi) is 8.44. The van der Waals surface area contributed by atoms with Gasteiger partial charge in [0.15, 0.2) is 0 Å². The molecule has 0 bridgehead atoms. The second kappa shape index (κ2) is 12.4. The van der Waals surface area contributed by atoms with Crippen LogP contribution in [-0.4, -0.2) is 24.5 Å². The lowest BCUT2D eigenvalue weighted by Gasteiger charge is -2.36. The van der Waals surface area contributed by atoms with Gasteiger partial charge in [0.25, 0.3) is 0 Å². The van der Waals surface area contributed by atoms with Gasteiger partial charge < -0.3 is 9.64 Å². The molecular formula is C35H41N3O2S. The summed E-state index contributed by atoms with van der Waals surface area (Å²) in [5, 5.41) is 10.6. The summed E-state index contributed by atoms with van der Waals surface area (Å²) in [4.78, 5) is 22.1. The van der Waals surface area contributed by atoms with Crippen LogP contribution in [0.25, 0.3) is 10.4 Å². The third-order valence-corrected chi connectivity index (χ3v) is 10.8. The first-order chi connectivity index (χ1) is 20.0. The van der Waals surface area contributed by atoms with Crippen LogP contribution in [0.5, 0.6) is 5.75 Å². The summed E-state index contributed by atoms with van der Waals surface area (Å²) in [7, 11) is 1.73. The number of nitrogens with zero attached hydrogens (tertiary/aromatic N) is 3. The van der Waals surface area contributed by atoms with Gasteiger partial charge in [0.05, 0.1) is 23.1 Å². The van der Waals surface area contributed by atoms with E-state index in [4.69, 9.17) is 9.72 Å². The molecule has 2 aromatic carbocycles. The molecule has 0 spiro atoms. The molecule has 0 unspecified atom stereocenters. The van der Waals surface area contributed by atoms with Crippen molar-refractivity contribution in [1.82, 2.24) is 4.98 Å². The summed E-state index contributed by atoms with van der Waals surface area (Å²) in [6.07, 6.45) is 12.4. The number of aryl methyl sites for hydroxylation is 1. The monoisotopic (exact) mass is 567 g/mol. The molecule has 1 amide bonds. The Bertz CT molecular complexity index is 1400.